The van der Waals surface area contributed by atoms with Gasteiger partial charge in [0.15, 0.2) is 11.6 Å². The number of fused-ring (bicyclic) bond motifs is 3. The van der Waals surface area contributed by atoms with Gasteiger partial charge in [-0.3, -0.25) is 9.89 Å². The van der Waals surface area contributed by atoms with Gasteiger partial charge in [-0.25, -0.2) is 9.97 Å². The Morgan fingerprint density at radius 2 is 1.97 bits per heavy atom. The van der Waals surface area contributed by atoms with E-state index >= 15 is 0 Å². The molecule has 6 aromatic rings. The summed E-state index contributed by atoms with van der Waals surface area (Å²) in [6, 6.07) is 15.6. The molecule has 1 amide bonds. The first kappa shape index (κ1) is 23.3. The van der Waals surface area contributed by atoms with Crippen LogP contribution in [0.25, 0.3) is 43.4 Å². The van der Waals surface area contributed by atoms with E-state index in [0.717, 1.165) is 49.1 Å². The first-order valence-corrected chi connectivity index (χ1v) is 12.6. The molecule has 0 atom stereocenters. The van der Waals surface area contributed by atoms with E-state index in [-0.39, 0.29) is 5.91 Å². The largest absolute Gasteiger partial charge is 0.405 e. The van der Waals surface area contributed by atoms with Crippen molar-refractivity contribution >= 4 is 60.8 Å². The lowest BCUT2D eigenvalue weighted by molar-refractivity contribution is 0.0963. The van der Waals surface area contributed by atoms with Crippen LogP contribution in [0.2, 0.25) is 0 Å². The topological polar surface area (TPSA) is 149 Å². The summed E-state index contributed by atoms with van der Waals surface area (Å²) in [4.78, 5) is 25.7. The van der Waals surface area contributed by atoms with Crippen LogP contribution in [0.15, 0.2) is 84.3 Å². The maximum Gasteiger partial charge on any atom is 0.272 e. The van der Waals surface area contributed by atoms with E-state index in [0.29, 0.717) is 17.2 Å². The molecular formula is C27H23N9OS. The van der Waals surface area contributed by atoms with Gasteiger partial charge in [0.1, 0.15) is 5.69 Å². The van der Waals surface area contributed by atoms with Gasteiger partial charge in [0, 0.05) is 40.8 Å². The highest BCUT2D eigenvalue weighted by molar-refractivity contribution is 7.17. The van der Waals surface area contributed by atoms with Crippen LogP contribution in [0, 0.1) is 0 Å². The summed E-state index contributed by atoms with van der Waals surface area (Å²) >= 11 is 1.58. The van der Waals surface area contributed by atoms with Gasteiger partial charge in [0.25, 0.3) is 5.91 Å². The molecule has 0 unspecified atom stereocenters. The van der Waals surface area contributed by atoms with Gasteiger partial charge >= 0.3 is 0 Å². The number of carbonyl (C=O) groups excluding carboxylic acids is 1. The molecule has 4 aromatic heterocycles. The van der Waals surface area contributed by atoms with Crippen molar-refractivity contribution in [2.24, 2.45) is 5.73 Å². The molecule has 0 spiro atoms. The fourth-order valence-corrected chi connectivity index (χ4v) is 4.98. The summed E-state index contributed by atoms with van der Waals surface area (Å²) in [7, 11) is 1.75. The number of nitrogens with two attached hydrogens (primary N) is 1. The van der Waals surface area contributed by atoms with E-state index in [4.69, 9.17) is 15.7 Å². The van der Waals surface area contributed by atoms with Crippen molar-refractivity contribution in [3.8, 4) is 11.4 Å². The van der Waals surface area contributed by atoms with Crippen molar-refractivity contribution in [3.63, 3.8) is 0 Å². The molecule has 6 rings (SSSR count). The lowest BCUT2D eigenvalue weighted by Crippen LogP contribution is -2.23. The number of thiophene rings is 1. The van der Waals surface area contributed by atoms with E-state index in [1.165, 1.54) is 6.20 Å². The zero-order chi connectivity index (χ0) is 26.1. The third kappa shape index (κ3) is 4.42. The van der Waals surface area contributed by atoms with Gasteiger partial charge in [0.05, 0.1) is 27.6 Å². The Morgan fingerprint density at radius 3 is 2.84 bits per heavy atom. The van der Waals surface area contributed by atoms with E-state index in [1.54, 1.807) is 42.9 Å². The number of aromatic amines is 2. The zero-order valence-corrected chi connectivity index (χ0v) is 21.1. The monoisotopic (exact) mass is 521 g/mol. The van der Waals surface area contributed by atoms with Gasteiger partial charge in [0.2, 0.25) is 0 Å². The van der Waals surface area contributed by atoms with Crippen LogP contribution in [0.5, 0.6) is 0 Å². The van der Waals surface area contributed by atoms with Crippen molar-refractivity contribution in [1.29, 1.82) is 0 Å². The molecule has 4 heterocycles. The number of H-pyrrole nitrogens is 2. The minimum absolute atomic E-state index is 0.278. The van der Waals surface area contributed by atoms with Crippen LogP contribution in [0.4, 0.5) is 11.5 Å². The second-order valence-corrected chi connectivity index (χ2v) is 9.43. The Hall–Kier alpha value is -5.16. The standard InChI is InChI=1S/C27H23N9OS/c1-29-14-19(6-8-28)32-27(37)23-11-15-2-3-16(12-22(15)33-23)25-34-21-7-9-38-24(21)26(35-25)31-18-4-5-20-17(10-18)13-30-36-20/h2-14,29,33H,28H2,1H3,(H,30,36)(H,32,37)(H,31,34,35)/b8-6-,19-14+. The number of nitrogens with one attached hydrogen (secondary N) is 5. The zero-order valence-electron chi connectivity index (χ0n) is 20.2. The second-order valence-electron chi connectivity index (χ2n) is 8.51. The molecule has 0 aliphatic rings. The van der Waals surface area contributed by atoms with Gasteiger partial charge in [-0.1, -0.05) is 12.1 Å². The molecule has 0 fully saturated rings. The third-order valence-electron chi connectivity index (χ3n) is 5.97. The summed E-state index contributed by atoms with van der Waals surface area (Å²) in [5.74, 6) is 1.03. The Labute approximate surface area is 220 Å². The fourth-order valence-electron chi connectivity index (χ4n) is 4.21. The molecule has 0 radical (unpaired) electrons. The minimum atomic E-state index is -0.278. The van der Waals surface area contributed by atoms with Gasteiger partial charge < -0.3 is 26.7 Å². The molecule has 0 aliphatic heterocycles. The van der Waals surface area contributed by atoms with Gasteiger partial charge in [-0.15, -0.1) is 11.3 Å². The molecule has 11 heteroatoms. The highest BCUT2D eigenvalue weighted by atomic mass is 32.1. The average molecular weight is 522 g/mol. The second kappa shape index (κ2) is 9.71. The summed E-state index contributed by atoms with van der Waals surface area (Å²) in [6.07, 6.45) is 6.41. The predicted octanol–water partition coefficient (Wildman–Crippen LogP) is 4.72. The summed E-state index contributed by atoms with van der Waals surface area (Å²) < 4.78 is 0.970. The Kier molecular flexibility index (Phi) is 5.94. The van der Waals surface area contributed by atoms with Crippen molar-refractivity contribution in [3.05, 3.63) is 90.0 Å². The van der Waals surface area contributed by atoms with Crippen LogP contribution < -0.4 is 21.7 Å². The van der Waals surface area contributed by atoms with Crippen LogP contribution in [-0.4, -0.2) is 38.1 Å². The van der Waals surface area contributed by atoms with Crippen molar-refractivity contribution in [1.82, 2.24) is 35.8 Å². The quantitative estimate of drug-likeness (QED) is 0.166. The normalized spacial score (nSPS) is 12.1. The van der Waals surface area contributed by atoms with Crippen molar-refractivity contribution in [2.75, 3.05) is 12.4 Å². The Bertz CT molecular complexity index is 1860. The molecule has 0 saturated carbocycles. The molecule has 2 aromatic carbocycles. The highest BCUT2D eigenvalue weighted by Crippen LogP contribution is 2.32. The maximum atomic E-state index is 12.8. The molecule has 10 nitrogen and oxygen atoms in total. The van der Waals surface area contributed by atoms with Crippen LogP contribution in [0.3, 0.4) is 0 Å². The number of aromatic nitrogens is 5. The first-order chi connectivity index (χ1) is 18.6. The van der Waals surface area contributed by atoms with E-state index < -0.39 is 0 Å². The van der Waals surface area contributed by atoms with Gasteiger partial charge in [-0.05, 0) is 54.1 Å². The van der Waals surface area contributed by atoms with E-state index in [2.05, 4.69) is 31.1 Å². The molecule has 38 heavy (non-hydrogen) atoms. The Morgan fingerprint density at radius 1 is 1.05 bits per heavy atom. The molecule has 188 valence electrons. The predicted molar refractivity (Wildman–Crippen MR) is 152 cm³/mol. The minimum Gasteiger partial charge on any atom is -0.405 e. The first-order valence-electron chi connectivity index (χ1n) is 11.8. The average Bonchev–Trinajstić information content (AvgIpc) is 3.67. The molecule has 0 bridgehead atoms. The molecule has 0 saturated heterocycles. The number of amides is 1. The highest BCUT2D eigenvalue weighted by Gasteiger charge is 2.14. The Balaban J connectivity index is 1.33. The van der Waals surface area contributed by atoms with Crippen LogP contribution >= 0.6 is 11.3 Å². The number of benzene rings is 2. The molecule has 0 aliphatic carbocycles. The van der Waals surface area contributed by atoms with Gasteiger partial charge in [-0.2, -0.15) is 5.10 Å². The third-order valence-corrected chi connectivity index (χ3v) is 6.88. The number of nitrogens with zero attached hydrogens (tertiary/aromatic N) is 3. The molecular weight excluding hydrogens is 498 g/mol. The number of hydrogen-bond acceptors (Lipinski definition) is 8. The number of rotatable bonds is 7. The number of carbonyl (C=O) groups is 1. The van der Waals surface area contributed by atoms with Crippen molar-refractivity contribution in [2.45, 2.75) is 0 Å². The summed E-state index contributed by atoms with van der Waals surface area (Å²) in [6.45, 7) is 0. The van der Waals surface area contributed by atoms with Crippen LogP contribution in [0.1, 0.15) is 10.5 Å². The summed E-state index contributed by atoms with van der Waals surface area (Å²) in [5, 5.41) is 20.1. The van der Waals surface area contributed by atoms with Crippen LogP contribution in [-0.2, 0) is 0 Å². The number of hydrogen-bond donors (Lipinski definition) is 6. The van der Waals surface area contributed by atoms with Crippen molar-refractivity contribution < 1.29 is 4.79 Å². The van der Waals surface area contributed by atoms with E-state index in [1.807, 2.05) is 47.8 Å². The van der Waals surface area contributed by atoms with E-state index in [9.17, 15) is 4.79 Å². The molecule has 7 N–H and O–H groups in total. The maximum absolute atomic E-state index is 12.8. The fraction of sp³-hybridized carbons (Fsp3) is 0.0370. The SMILES string of the molecule is CN/C=C(\C=C/N)NC(=O)c1cc2ccc(-c3nc(Nc4ccc5[nH]ncc5c4)c4sccc4n3)cc2[nH]1. The smallest absolute Gasteiger partial charge is 0.272 e. The lowest BCUT2D eigenvalue weighted by atomic mass is 10.1. The number of allylic oxidation sites excluding steroid dienone is 1. The number of anilines is 2. The summed E-state index contributed by atoms with van der Waals surface area (Å²) in [5.41, 5.74) is 10.8. The lowest BCUT2D eigenvalue weighted by Gasteiger charge is -2.09.